The Morgan fingerprint density at radius 1 is 1.16 bits per heavy atom. The number of hydrogen-bond acceptors (Lipinski definition) is 5. The Hall–Kier alpha value is -1.75. The lowest BCUT2D eigenvalue weighted by molar-refractivity contribution is -0.146. The molecule has 1 aromatic carbocycles. The van der Waals surface area contributed by atoms with Crippen LogP contribution in [0.25, 0.3) is 0 Å². The molecule has 0 radical (unpaired) electrons. The number of rotatable bonds is 4. The molecule has 0 aliphatic carbocycles. The monoisotopic (exact) mass is 266 g/mol. The number of carbonyl (C=O) groups excluding carboxylic acids is 1. The normalized spacial score (nSPS) is 28.7. The summed E-state index contributed by atoms with van der Waals surface area (Å²) >= 11 is 0. The van der Waals surface area contributed by atoms with E-state index in [0.717, 1.165) is 5.56 Å². The lowest BCUT2D eigenvalue weighted by atomic mass is 9.88. The third-order valence-corrected chi connectivity index (χ3v) is 3.77. The third kappa shape index (κ3) is 1.85. The second-order valence-electron chi connectivity index (χ2n) is 4.73. The zero-order valence-electron chi connectivity index (χ0n) is 11.8. The summed E-state index contributed by atoms with van der Waals surface area (Å²) in [5.41, 5.74) is -0.940. The predicted octanol–water partition coefficient (Wildman–Crippen LogP) is 1.88. The molecule has 1 fully saturated rings. The van der Waals surface area contributed by atoms with Crippen LogP contribution in [-0.2, 0) is 19.9 Å². The van der Waals surface area contributed by atoms with Crippen molar-refractivity contribution in [1.82, 2.24) is 0 Å². The topological polar surface area (TPSA) is 57.3 Å². The first-order valence-corrected chi connectivity index (χ1v) is 5.94. The van der Waals surface area contributed by atoms with E-state index in [9.17, 15) is 4.79 Å². The van der Waals surface area contributed by atoms with Gasteiger partial charge in [0.05, 0.1) is 21.3 Å². The number of methoxy groups -OCH3 is 3. The van der Waals surface area contributed by atoms with Gasteiger partial charge in [-0.2, -0.15) is 0 Å². The van der Waals surface area contributed by atoms with Gasteiger partial charge in [0.2, 0.25) is 0 Å². The molecule has 0 amide bonds. The smallest absolute Gasteiger partial charge is 0.341 e. The van der Waals surface area contributed by atoms with Gasteiger partial charge < -0.3 is 18.9 Å². The van der Waals surface area contributed by atoms with Gasteiger partial charge in [0.25, 0.3) is 0 Å². The second kappa shape index (κ2) is 4.42. The van der Waals surface area contributed by atoms with Crippen molar-refractivity contribution in [3.05, 3.63) is 23.8 Å². The van der Waals surface area contributed by atoms with Gasteiger partial charge in [-0.3, -0.25) is 0 Å². The SMILES string of the molecule is COC(=O)C1(C)OC1(C)c1ccc(OC)cc1OC. The second-order valence-corrected chi connectivity index (χ2v) is 4.73. The minimum Gasteiger partial charge on any atom is -0.497 e. The molecule has 0 saturated carbocycles. The largest absolute Gasteiger partial charge is 0.497 e. The van der Waals surface area contributed by atoms with Crippen LogP contribution in [0.3, 0.4) is 0 Å². The maximum atomic E-state index is 11.8. The van der Waals surface area contributed by atoms with Crippen molar-refractivity contribution < 1.29 is 23.7 Å². The van der Waals surface area contributed by atoms with Gasteiger partial charge in [0, 0.05) is 11.6 Å². The summed E-state index contributed by atoms with van der Waals surface area (Å²) in [6, 6.07) is 5.41. The van der Waals surface area contributed by atoms with Crippen LogP contribution in [0.2, 0.25) is 0 Å². The molecular weight excluding hydrogens is 248 g/mol. The average Bonchev–Trinajstić information content (AvgIpc) is 3.01. The standard InChI is InChI=1S/C14H18O5/c1-13(14(2,19-13)12(15)18-5)10-7-6-9(16-3)8-11(10)17-4/h6-8H,1-5H3. The van der Waals surface area contributed by atoms with E-state index in [1.807, 2.05) is 19.1 Å². The van der Waals surface area contributed by atoms with Crippen LogP contribution >= 0.6 is 0 Å². The lowest BCUT2D eigenvalue weighted by Gasteiger charge is -2.15. The molecule has 5 nitrogen and oxygen atoms in total. The molecule has 104 valence electrons. The molecule has 0 aromatic heterocycles. The van der Waals surface area contributed by atoms with Gasteiger partial charge in [-0.25, -0.2) is 4.79 Å². The van der Waals surface area contributed by atoms with Gasteiger partial charge in [-0.05, 0) is 26.0 Å². The molecular formula is C14H18O5. The van der Waals surface area contributed by atoms with Crippen LogP contribution in [0.1, 0.15) is 19.4 Å². The molecule has 1 aliphatic heterocycles. The summed E-state index contributed by atoms with van der Waals surface area (Å²) in [7, 11) is 4.50. The van der Waals surface area contributed by atoms with Crippen LogP contribution < -0.4 is 9.47 Å². The first kappa shape index (κ1) is 13.7. The summed E-state index contributed by atoms with van der Waals surface area (Å²) in [5, 5.41) is 0. The maximum Gasteiger partial charge on any atom is 0.341 e. The van der Waals surface area contributed by atoms with Gasteiger partial charge in [0.15, 0.2) is 5.60 Å². The van der Waals surface area contributed by atoms with Crippen LogP contribution in [0.15, 0.2) is 18.2 Å². The van der Waals surface area contributed by atoms with Crippen LogP contribution in [0.4, 0.5) is 0 Å². The fourth-order valence-electron chi connectivity index (χ4n) is 2.32. The van der Waals surface area contributed by atoms with Gasteiger partial charge in [0.1, 0.15) is 17.1 Å². The molecule has 19 heavy (non-hydrogen) atoms. The highest BCUT2D eigenvalue weighted by Crippen LogP contribution is 2.58. The Balaban J connectivity index is 2.41. The number of epoxide rings is 1. The quantitative estimate of drug-likeness (QED) is 0.615. The highest BCUT2D eigenvalue weighted by atomic mass is 16.7. The van der Waals surface area contributed by atoms with Crippen molar-refractivity contribution in [1.29, 1.82) is 0 Å². The Kier molecular flexibility index (Phi) is 3.18. The summed E-state index contributed by atoms with van der Waals surface area (Å²) in [4.78, 5) is 11.8. The minimum atomic E-state index is -0.983. The highest BCUT2D eigenvalue weighted by Gasteiger charge is 2.71. The van der Waals surface area contributed by atoms with E-state index in [1.54, 1.807) is 27.2 Å². The molecule has 0 N–H and O–H groups in total. The number of ether oxygens (including phenoxy) is 4. The Bertz CT molecular complexity index is 513. The molecule has 5 heteroatoms. The number of carbonyl (C=O) groups is 1. The van der Waals surface area contributed by atoms with Crippen molar-refractivity contribution in [3.8, 4) is 11.5 Å². The van der Waals surface area contributed by atoms with Gasteiger partial charge in [-0.1, -0.05) is 0 Å². The van der Waals surface area contributed by atoms with Crippen molar-refractivity contribution in [3.63, 3.8) is 0 Å². The minimum absolute atomic E-state index is 0.395. The van der Waals surface area contributed by atoms with E-state index in [4.69, 9.17) is 18.9 Å². The van der Waals surface area contributed by atoms with E-state index in [2.05, 4.69) is 0 Å². The highest BCUT2D eigenvalue weighted by molar-refractivity contribution is 5.85. The molecule has 1 aromatic rings. The molecule has 1 saturated heterocycles. The van der Waals surface area contributed by atoms with E-state index in [-0.39, 0.29) is 0 Å². The van der Waals surface area contributed by atoms with E-state index < -0.39 is 17.2 Å². The number of benzene rings is 1. The zero-order valence-corrected chi connectivity index (χ0v) is 11.8. The van der Waals surface area contributed by atoms with E-state index in [0.29, 0.717) is 11.5 Å². The third-order valence-electron chi connectivity index (χ3n) is 3.77. The van der Waals surface area contributed by atoms with Gasteiger partial charge >= 0.3 is 5.97 Å². The summed E-state index contributed by atoms with van der Waals surface area (Å²) < 4.78 is 20.9. The van der Waals surface area contributed by atoms with Crippen LogP contribution in [0.5, 0.6) is 11.5 Å². The fraction of sp³-hybridized carbons (Fsp3) is 0.500. The summed E-state index contributed by atoms with van der Waals surface area (Å²) in [6.45, 7) is 3.55. The summed E-state index contributed by atoms with van der Waals surface area (Å²) in [6.07, 6.45) is 0. The Morgan fingerprint density at radius 2 is 1.84 bits per heavy atom. The van der Waals surface area contributed by atoms with Crippen molar-refractivity contribution in [2.75, 3.05) is 21.3 Å². The predicted molar refractivity (Wildman–Crippen MR) is 68.4 cm³/mol. The molecule has 2 rings (SSSR count). The molecule has 1 heterocycles. The molecule has 2 atom stereocenters. The van der Waals surface area contributed by atoms with Crippen molar-refractivity contribution in [2.24, 2.45) is 0 Å². The molecule has 2 unspecified atom stereocenters. The lowest BCUT2D eigenvalue weighted by Crippen LogP contribution is -2.29. The molecule has 0 spiro atoms. The zero-order chi connectivity index (χ0) is 14.3. The number of hydrogen-bond donors (Lipinski definition) is 0. The molecule has 1 aliphatic rings. The maximum absolute atomic E-state index is 11.8. The first-order chi connectivity index (χ1) is 8.92. The van der Waals surface area contributed by atoms with E-state index >= 15 is 0 Å². The van der Waals surface area contributed by atoms with Crippen molar-refractivity contribution in [2.45, 2.75) is 25.0 Å². The number of esters is 1. The Labute approximate surface area is 112 Å². The fourth-order valence-corrected chi connectivity index (χ4v) is 2.32. The average molecular weight is 266 g/mol. The Morgan fingerprint density at radius 3 is 2.37 bits per heavy atom. The van der Waals surface area contributed by atoms with E-state index in [1.165, 1.54) is 7.11 Å². The van der Waals surface area contributed by atoms with Gasteiger partial charge in [-0.15, -0.1) is 0 Å². The van der Waals surface area contributed by atoms with Crippen molar-refractivity contribution >= 4 is 5.97 Å². The molecule has 0 bridgehead atoms. The first-order valence-electron chi connectivity index (χ1n) is 5.94. The van der Waals surface area contributed by atoms with Crippen LogP contribution in [0, 0.1) is 0 Å². The summed E-state index contributed by atoms with van der Waals surface area (Å²) in [5.74, 6) is 0.909. The van der Waals surface area contributed by atoms with Crippen LogP contribution in [-0.4, -0.2) is 32.9 Å².